The van der Waals surface area contributed by atoms with Crippen LogP contribution in [0.15, 0.2) is 42.5 Å². The van der Waals surface area contributed by atoms with E-state index in [-0.39, 0.29) is 29.7 Å². The summed E-state index contributed by atoms with van der Waals surface area (Å²) in [4.78, 5) is 40.0. The number of phenolic OH excluding ortho intramolecular Hbond substituents is 1. The molecule has 28 heavy (non-hydrogen) atoms. The highest BCUT2D eigenvalue weighted by atomic mass is 16.5. The Bertz CT molecular complexity index is 911. The molecule has 0 saturated heterocycles. The van der Waals surface area contributed by atoms with Gasteiger partial charge in [-0.25, -0.2) is 4.79 Å². The highest BCUT2D eigenvalue weighted by Crippen LogP contribution is 2.26. The molecule has 146 valence electrons. The smallest absolute Gasteiger partial charge is 0.326 e. The van der Waals surface area contributed by atoms with Crippen molar-refractivity contribution >= 4 is 29.2 Å². The van der Waals surface area contributed by atoms with Gasteiger partial charge in [-0.1, -0.05) is 0 Å². The molecule has 8 heteroatoms. The van der Waals surface area contributed by atoms with Gasteiger partial charge in [0.15, 0.2) is 0 Å². The van der Waals surface area contributed by atoms with Gasteiger partial charge in [0.2, 0.25) is 0 Å². The number of phenols is 1. The number of nitrogens with zero attached hydrogens (tertiary/aromatic N) is 2. The summed E-state index contributed by atoms with van der Waals surface area (Å²) in [7, 11) is 3.15. The van der Waals surface area contributed by atoms with Gasteiger partial charge in [0.1, 0.15) is 5.75 Å². The Morgan fingerprint density at radius 1 is 1.11 bits per heavy atom. The number of amides is 4. The van der Waals surface area contributed by atoms with Crippen molar-refractivity contribution in [2.24, 2.45) is 0 Å². The molecule has 0 radical (unpaired) electrons. The predicted octanol–water partition coefficient (Wildman–Crippen LogP) is 2.69. The Hall–Kier alpha value is -3.39. The Morgan fingerprint density at radius 2 is 1.79 bits per heavy atom. The highest BCUT2D eigenvalue weighted by Gasteiger charge is 2.35. The number of aromatic hydroxyl groups is 1. The molecule has 2 N–H and O–H groups in total. The van der Waals surface area contributed by atoms with E-state index in [0.29, 0.717) is 30.0 Å². The SMILES string of the molecule is COCCCN1C(=O)c2ccc(NC(=O)N(C)c3ccc(O)cc3)cc2C1=O. The molecule has 0 saturated carbocycles. The number of carbonyl (C=O) groups is 3. The monoisotopic (exact) mass is 383 g/mol. The van der Waals surface area contributed by atoms with Gasteiger partial charge >= 0.3 is 6.03 Å². The fourth-order valence-electron chi connectivity index (χ4n) is 2.94. The maximum Gasteiger partial charge on any atom is 0.326 e. The van der Waals surface area contributed by atoms with Gasteiger partial charge in [-0.05, 0) is 48.9 Å². The first-order valence-corrected chi connectivity index (χ1v) is 8.75. The molecular weight excluding hydrogens is 362 g/mol. The minimum Gasteiger partial charge on any atom is -0.508 e. The average Bonchev–Trinajstić information content (AvgIpc) is 2.92. The van der Waals surface area contributed by atoms with Gasteiger partial charge in [-0.2, -0.15) is 0 Å². The summed E-state index contributed by atoms with van der Waals surface area (Å²) < 4.78 is 4.96. The third kappa shape index (κ3) is 3.81. The van der Waals surface area contributed by atoms with Gasteiger partial charge in [-0.3, -0.25) is 19.4 Å². The molecule has 0 atom stereocenters. The summed E-state index contributed by atoms with van der Waals surface area (Å²) in [5, 5.41) is 12.1. The van der Waals surface area contributed by atoms with Crippen molar-refractivity contribution in [3.8, 4) is 5.75 Å². The van der Waals surface area contributed by atoms with E-state index in [9.17, 15) is 19.5 Å². The third-order valence-electron chi connectivity index (χ3n) is 4.49. The van der Waals surface area contributed by atoms with Crippen LogP contribution in [-0.2, 0) is 4.74 Å². The van der Waals surface area contributed by atoms with Crippen LogP contribution < -0.4 is 10.2 Å². The van der Waals surface area contributed by atoms with E-state index in [0.717, 1.165) is 0 Å². The van der Waals surface area contributed by atoms with Crippen LogP contribution in [0, 0.1) is 0 Å². The number of benzene rings is 2. The lowest BCUT2D eigenvalue weighted by molar-refractivity contribution is 0.0638. The topological polar surface area (TPSA) is 99.2 Å². The molecule has 0 aliphatic carbocycles. The van der Waals surface area contributed by atoms with E-state index in [1.165, 1.54) is 28.0 Å². The molecular formula is C20H21N3O5. The van der Waals surface area contributed by atoms with Gasteiger partial charge in [0.05, 0.1) is 11.1 Å². The van der Waals surface area contributed by atoms with Gasteiger partial charge < -0.3 is 15.2 Å². The highest BCUT2D eigenvalue weighted by molar-refractivity contribution is 6.22. The van der Waals surface area contributed by atoms with Crippen molar-refractivity contribution in [3.05, 3.63) is 53.6 Å². The first-order chi connectivity index (χ1) is 13.4. The van der Waals surface area contributed by atoms with Crippen LogP contribution in [-0.4, -0.2) is 55.2 Å². The fourth-order valence-corrected chi connectivity index (χ4v) is 2.94. The number of hydrogen-bond acceptors (Lipinski definition) is 5. The molecule has 0 spiro atoms. The summed E-state index contributed by atoms with van der Waals surface area (Å²) in [6, 6.07) is 10.4. The van der Waals surface area contributed by atoms with Crippen LogP contribution in [0.4, 0.5) is 16.2 Å². The number of nitrogens with one attached hydrogen (secondary N) is 1. The zero-order valence-electron chi connectivity index (χ0n) is 15.6. The zero-order chi connectivity index (χ0) is 20.3. The normalized spacial score (nSPS) is 12.9. The van der Waals surface area contributed by atoms with E-state index in [2.05, 4.69) is 5.32 Å². The second-order valence-electron chi connectivity index (χ2n) is 6.37. The number of ether oxygens (including phenoxy) is 1. The number of fused-ring (bicyclic) bond motifs is 1. The maximum absolute atomic E-state index is 12.5. The van der Waals surface area contributed by atoms with Gasteiger partial charge in [0, 0.05) is 38.7 Å². The molecule has 0 bridgehead atoms. The minimum absolute atomic E-state index is 0.106. The van der Waals surface area contributed by atoms with Crippen molar-refractivity contribution in [1.29, 1.82) is 0 Å². The molecule has 0 unspecified atom stereocenters. The minimum atomic E-state index is -0.417. The number of methoxy groups -OCH3 is 1. The van der Waals surface area contributed by atoms with Gasteiger partial charge in [0.25, 0.3) is 11.8 Å². The average molecular weight is 383 g/mol. The Kier molecular flexibility index (Phi) is 5.60. The van der Waals surface area contributed by atoms with Crippen LogP contribution >= 0.6 is 0 Å². The molecule has 1 heterocycles. The van der Waals surface area contributed by atoms with E-state index in [1.807, 2.05) is 0 Å². The number of rotatable bonds is 6. The Balaban J connectivity index is 1.72. The number of carbonyl (C=O) groups excluding carboxylic acids is 3. The van der Waals surface area contributed by atoms with Crippen molar-refractivity contribution in [1.82, 2.24) is 4.90 Å². The molecule has 2 aromatic carbocycles. The number of hydrogen-bond donors (Lipinski definition) is 2. The number of imide groups is 1. The Morgan fingerprint density at radius 3 is 2.46 bits per heavy atom. The molecule has 4 amide bonds. The summed E-state index contributed by atoms with van der Waals surface area (Å²) in [6.45, 7) is 0.740. The number of urea groups is 1. The third-order valence-corrected chi connectivity index (χ3v) is 4.49. The van der Waals surface area contributed by atoms with E-state index in [1.54, 1.807) is 38.4 Å². The first-order valence-electron chi connectivity index (χ1n) is 8.75. The zero-order valence-corrected chi connectivity index (χ0v) is 15.6. The van der Waals surface area contributed by atoms with Crippen LogP contribution in [0.2, 0.25) is 0 Å². The van der Waals surface area contributed by atoms with Crippen molar-refractivity contribution in [3.63, 3.8) is 0 Å². The molecule has 2 aromatic rings. The fraction of sp³-hybridized carbons (Fsp3) is 0.250. The lowest BCUT2D eigenvalue weighted by Crippen LogP contribution is -2.31. The molecule has 1 aliphatic rings. The first kappa shape index (κ1) is 19.4. The number of anilines is 2. The van der Waals surface area contributed by atoms with Crippen LogP contribution in [0.3, 0.4) is 0 Å². The summed E-state index contributed by atoms with van der Waals surface area (Å²) in [5.74, 6) is -0.608. The van der Waals surface area contributed by atoms with Crippen LogP contribution in [0.5, 0.6) is 5.75 Å². The standard InChI is InChI=1S/C20H21N3O5/c1-22(14-5-7-15(24)8-6-14)20(27)21-13-4-9-16-17(12-13)19(26)23(18(16)25)10-3-11-28-2/h4-9,12,24H,3,10-11H2,1-2H3,(H,21,27). The second-order valence-corrected chi connectivity index (χ2v) is 6.37. The lowest BCUT2D eigenvalue weighted by Gasteiger charge is -2.18. The van der Waals surface area contributed by atoms with E-state index >= 15 is 0 Å². The van der Waals surface area contributed by atoms with Gasteiger partial charge in [-0.15, -0.1) is 0 Å². The summed E-state index contributed by atoms with van der Waals surface area (Å²) in [6.07, 6.45) is 0.559. The largest absolute Gasteiger partial charge is 0.508 e. The maximum atomic E-state index is 12.5. The van der Waals surface area contributed by atoms with Crippen molar-refractivity contribution < 1.29 is 24.2 Å². The molecule has 0 fully saturated rings. The van der Waals surface area contributed by atoms with Crippen molar-refractivity contribution in [2.45, 2.75) is 6.42 Å². The van der Waals surface area contributed by atoms with Crippen LogP contribution in [0.1, 0.15) is 27.1 Å². The Labute approximate surface area is 162 Å². The van der Waals surface area contributed by atoms with Crippen LogP contribution in [0.25, 0.3) is 0 Å². The molecule has 0 aromatic heterocycles. The predicted molar refractivity (Wildman–Crippen MR) is 104 cm³/mol. The molecule has 3 rings (SSSR count). The second kappa shape index (κ2) is 8.10. The molecule has 8 nitrogen and oxygen atoms in total. The van der Waals surface area contributed by atoms with Crippen molar-refractivity contribution in [2.75, 3.05) is 37.5 Å². The summed E-state index contributed by atoms with van der Waals surface area (Å²) in [5.41, 5.74) is 1.60. The van der Waals surface area contributed by atoms with E-state index in [4.69, 9.17) is 4.74 Å². The molecule has 1 aliphatic heterocycles. The van der Waals surface area contributed by atoms with E-state index < -0.39 is 6.03 Å². The quantitative estimate of drug-likeness (QED) is 0.590. The summed E-state index contributed by atoms with van der Waals surface area (Å²) >= 11 is 0. The lowest BCUT2D eigenvalue weighted by atomic mass is 10.1.